The van der Waals surface area contributed by atoms with Crippen LogP contribution in [0, 0.1) is 0 Å². The number of nitrogens with two attached hydrogens (primary N) is 1. The number of halogens is 3. The van der Waals surface area contributed by atoms with Gasteiger partial charge in [-0.15, -0.1) is 0 Å². The molecule has 0 unspecified atom stereocenters. The Kier molecular flexibility index (Phi) is 3.79. The van der Waals surface area contributed by atoms with Gasteiger partial charge in [0.05, 0.1) is 12.0 Å². The van der Waals surface area contributed by atoms with Crippen LogP contribution in [0.1, 0.15) is 37.6 Å². The van der Waals surface area contributed by atoms with Gasteiger partial charge in [0, 0.05) is 6.42 Å². The van der Waals surface area contributed by atoms with Crippen LogP contribution in [-0.2, 0) is 6.42 Å². The van der Waals surface area contributed by atoms with Gasteiger partial charge in [-0.05, 0) is 5.92 Å². The van der Waals surface area contributed by atoms with Crippen LogP contribution in [0.15, 0.2) is 4.79 Å². The summed E-state index contributed by atoms with van der Waals surface area (Å²) in [7, 11) is 0. The lowest BCUT2D eigenvalue weighted by molar-refractivity contribution is -0.134. The molecule has 0 bridgehead atoms. The minimum atomic E-state index is -4.27. The zero-order valence-electron chi connectivity index (χ0n) is 9.56. The number of hydrogen-bond acceptors (Lipinski definition) is 3. The molecule has 0 saturated heterocycles. The number of aromatic nitrogens is 2. The zero-order valence-corrected chi connectivity index (χ0v) is 9.56. The average Bonchev–Trinajstić information content (AvgIpc) is 2.11. The van der Waals surface area contributed by atoms with E-state index in [4.69, 9.17) is 5.73 Å². The molecule has 0 spiro atoms. The Morgan fingerprint density at radius 1 is 1.41 bits per heavy atom. The second-order valence-electron chi connectivity index (χ2n) is 4.08. The van der Waals surface area contributed by atoms with Gasteiger partial charge in [-0.25, -0.2) is 4.98 Å². The molecule has 7 heteroatoms. The number of hydrogen-bond donors (Lipinski definition) is 2. The SMILES string of the molecule is CC(C)c1c(N)nc(CCC(F)(F)F)[nH]c1=O. The van der Waals surface area contributed by atoms with Gasteiger partial charge < -0.3 is 10.7 Å². The van der Waals surface area contributed by atoms with E-state index in [9.17, 15) is 18.0 Å². The first-order chi connectivity index (χ1) is 7.70. The van der Waals surface area contributed by atoms with Crippen LogP contribution < -0.4 is 11.3 Å². The molecule has 0 radical (unpaired) electrons. The summed E-state index contributed by atoms with van der Waals surface area (Å²) in [6.45, 7) is 3.52. The predicted molar refractivity (Wildman–Crippen MR) is 57.7 cm³/mol. The first-order valence-electron chi connectivity index (χ1n) is 5.16. The quantitative estimate of drug-likeness (QED) is 0.860. The van der Waals surface area contributed by atoms with Gasteiger partial charge in [-0.1, -0.05) is 13.8 Å². The van der Waals surface area contributed by atoms with Gasteiger partial charge in [0.1, 0.15) is 11.6 Å². The molecular weight excluding hydrogens is 235 g/mol. The summed E-state index contributed by atoms with van der Waals surface area (Å²) in [4.78, 5) is 17.7. The molecule has 1 rings (SSSR count). The lowest BCUT2D eigenvalue weighted by Gasteiger charge is -2.10. The molecule has 96 valence electrons. The lowest BCUT2D eigenvalue weighted by Crippen LogP contribution is -2.21. The van der Waals surface area contributed by atoms with Crippen molar-refractivity contribution in [3.63, 3.8) is 0 Å². The largest absolute Gasteiger partial charge is 0.389 e. The molecular formula is C10H14F3N3O. The number of aryl methyl sites for hydroxylation is 1. The number of rotatable bonds is 3. The van der Waals surface area contributed by atoms with Crippen LogP contribution >= 0.6 is 0 Å². The molecule has 0 aromatic carbocycles. The molecule has 0 atom stereocenters. The molecule has 0 amide bonds. The van der Waals surface area contributed by atoms with E-state index in [0.717, 1.165) is 0 Å². The summed E-state index contributed by atoms with van der Waals surface area (Å²) in [5.74, 6) is -0.155. The number of nitrogen functional groups attached to an aromatic ring is 1. The van der Waals surface area contributed by atoms with Crippen LogP contribution in [-0.4, -0.2) is 16.1 Å². The van der Waals surface area contributed by atoms with Crippen LogP contribution in [0.3, 0.4) is 0 Å². The summed E-state index contributed by atoms with van der Waals surface area (Å²) in [6.07, 6.45) is -5.68. The molecule has 17 heavy (non-hydrogen) atoms. The third-order valence-corrected chi connectivity index (χ3v) is 2.26. The monoisotopic (exact) mass is 249 g/mol. The number of alkyl halides is 3. The predicted octanol–water partition coefficient (Wildman–Crippen LogP) is 1.97. The maximum absolute atomic E-state index is 12.0. The van der Waals surface area contributed by atoms with Crippen molar-refractivity contribution >= 4 is 5.82 Å². The van der Waals surface area contributed by atoms with Crippen LogP contribution in [0.4, 0.5) is 19.0 Å². The molecule has 0 aliphatic heterocycles. The molecule has 0 aliphatic rings. The third kappa shape index (κ3) is 3.76. The Labute approximate surface area is 96.1 Å². The fourth-order valence-electron chi connectivity index (χ4n) is 1.48. The van der Waals surface area contributed by atoms with Gasteiger partial charge in [0.25, 0.3) is 5.56 Å². The Morgan fingerprint density at radius 3 is 2.41 bits per heavy atom. The van der Waals surface area contributed by atoms with Crippen LogP contribution in [0.25, 0.3) is 0 Å². The smallest absolute Gasteiger partial charge is 0.383 e. The van der Waals surface area contributed by atoms with E-state index >= 15 is 0 Å². The van der Waals surface area contributed by atoms with Crippen molar-refractivity contribution in [2.75, 3.05) is 5.73 Å². The molecule has 0 aliphatic carbocycles. The number of nitrogens with zero attached hydrogens (tertiary/aromatic N) is 1. The summed E-state index contributed by atoms with van der Waals surface area (Å²) in [5.41, 5.74) is 5.39. The highest BCUT2D eigenvalue weighted by molar-refractivity contribution is 5.39. The Bertz CT molecular complexity index is 451. The highest BCUT2D eigenvalue weighted by Crippen LogP contribution is 2.21. The van der Waals surface area contributed by atoms with Crippen molar-refractivity contribution in [1.82, 2.24) is 9.97 Å². The molecule has 1 aromatic heterocycles. The Morgan fingerprint density at radius 2 is 2.00 bits per heavy atom. The van der Waals surface area contributed by atoms with Gasteiger partial charge in [-0.2, -0.15) is 13.2 Å². The maximum Gasteiger partial charge on any atom is 0.389 e. The van der Waals surface area contributed by atoms with Crippen LogP contribution in [0.5, 0.6) is 0 Å². The normalized spacial score (nSPS) is 12.1. The third-order valence-electron chi connectivity index (χ3n) is 2.26. The lowest BCUT2D eigenvalue weighted by atomic mass is 10.1. The first-order valence-corrected chi connectivity index (χ1v) is 5.16. The van der Waals surface area contributed by atoms with E-state index in [1.807, 2.05) is 0 Å². The first kappa shape index (κ1) is 13.5. The summed E-state index contributed by atoms with van der Waals surface area (Å²) < 4.78 is 36.0. The van der Waals surface area contributed by atoms with E-state index in [-0.39, 0.29) is 24.0 Å². The van der Waals surface area contributed by atoms with Gasteiger partial charge >= 0.3 is 6.18 Å². The fraction of sp³-hybridized carbons (Fsp3) is 0.600. The zero-order chi connectivity index (χ0) is 13.2. The van der Waals surface area contributed by atoms with E-state index in [2.05, 4.69) is 9.97 Å². The Balaban J connectivity index is 2.96. The van der Waals surface area contributed by atoms with E-state index < -0.39 is 18.2 Å². The van der Waals surface area contributed by atoms with E-state index in [0.29, 0.717) is 5.56 Å². The Hall–Kier alpha value is -1.53. The van der Waals surface area contributed by atoms with Crippen molar-refractivity contribution in [2.45, 2.75) is 38.8 Å². The maximum atomic E-state index is 12.0. The van der Waals surface area contributed by atoms with Gasteiger partial charge in [0.15, 0.2) is 0 Å². The highest BCUT2D eigenvalue weighted by Gasteiger charge is 2.27. The van der Waals surface area contributed by atoms with Crippen molar-refractivity contribution in [3.05, 3.63) is 21.7 Å². The summed E-state index contributed by atoms with van der Waals surface area (Å²) in [5, 5.41) is 0. The number of anilines is 1. The highest BCUT2D eigenvalue weighted by atomic mass is 19.4. The fourth-order valence-corrected chi connectivity index (χ4v) is 1.48. The topological polar surface area (TPSA) is 71.8 Å². The number of aromatic amines is 1. The molecule has 4 nitrogen and oxygen atoms in total. The summed E-state index contributed by atoms with van der Waals surface area (Å²) >= 11 is 0. The minimum absolute atomic E-state index is 0.000856. The van der Waals surface area contributed by atoms with E-state index in [1.165, 1.54) is 0 Å². The van der Waals surface area contributed by atoms with Crippen molar-refractivity contribution in [3.8, 4) is 0 Å². The van der Waals surface area contributed by atoms with Crippen LogP contribution in [0.2, 0.25) is 0 Å². The summed E-state index contributed by atoms with van der Waals surface area (Å²) in [6, 6.07) is 0. The number of H-pyrrole nitrogens is 1. The average molecular weight is 249 g/mol. The minimum Gasteiger partial charge on any atom is -0.383 e. The van der Waals surface area contributed by atoms with Gasteiger partial charge in [0.2, 0.25) is 0 Å². The van der Waals surface area contributed by atoms with E-state index in [1.54, 1.807) is 13.8 Å². The molecule has 1 heterocycles. The second kappa shape index (κ2) is 4.77. The molecule has 0 fully saturated rings. The second-order valence-corrected chi connectivity index (χ2v) is 4.08. The van der Waals surface area contributed by atoms with Crippen molar-refractivity contribution in [2.24, 2.45) is 0 Å². The van der Waals surface area contributed by atoms with Crippen molar-refractivity contribution < 1.29 is 13.2 Å². The molecule has 1 aromatic rings. The standard InChI is InChI=1S/C10H14F3N3O/c1-5(2)7-8(14)15-6(16-9(7)17)3-4-10(11,12)13/h5H,3-4H2,1-2H3,(H3,14,15,16,17). The van der Waals surface area contributed by atoms with Crippen molar-refractivity contribution in [1.29, 1.82) is 0 Å². The number of nitrogens with one attached hydrogen (secondary N) is 1. The molecule has 3 N–H and O–H groups in total. The van der Waals surface area contributed by atoms with Gasteiger partial charge in [-0.3, -0.25) is 4.79 Å². The molecule has 0 saturated carbocycles.